The van der Waals surface area contributed by atoms with Gasteiger partial charge in [-0.2, -0.15) is 0 Å². The van der Waals surface area contributed by atoms with Crippen molar-refractivity contribution in [3.05, 3.63) is 29.3 Å². The van der Waals surface area contributed by atoms with Gasteiger partial charge in [-0.25, -0.2) is 0 Å². The van der Waals surface area contributed by atoms with Gasteiger partial charge < -0.3 is 14.4 Å². The van der Waals surface area contributed by atoms with Gasteiger partial charge in [0.2, 0.25) is 0 Å². The van der Waals surface area contributed by atoms with E-state index >= 15 is 0 Å². The Labute approximate surface area is 155 Å². The molecule has 1 fully saturated rings. The first kappa shape index (κ1) is 18.7. The summed E-state index contributed by atoms with van der Waals surface area (Å²) in [7, 11) is 0. The Hall–Kier alpha value is -2.04. The van der Waals surface area contributed by atoms with E-state index in [-0.39, 0.29) is 17.8 Å². The molecule has 26 heavy (non-hydrogen) atoms. The van der Waals surface area contributed by atoms with E-state index in [0.29, 0.717) is 32.5 Å². The first-order valence-electron chi connectivity index (χ1n) is 9.82. The molecule has 5 heteroatoms. The summed E-state index contributed by atoms with van der Waals surface area (Å²) in [5.41, 5.74) is 2.76. The molecule has 1 aromatic rings. The third-order valence-corrected chi connectivity index (χ3v) is 5.41. The average Bonchev–Trinajstić information content (AvgIpc) is 2.67. The number of aryl methyl sites for hydroxylation is 2. The number of carbonyl (C=O) groups is 2. The second-order valence-electron chi connectivity index (χ2n) is 7.25. The van der Waals surface area contributed by atoms with E-state index in [0.717, 1.165) is 18.6 Å². The number of esters is 1. The number of fused-ring (bicyclic) bond motifs is 1. The van der Waals surface area contributed by atoms with E-state index in [2.05, 4.69) is 12.1 Å². The molecular weight excluding hydrogens is 330 g/mol. The first-order valence-corrected chi connectivity index (χ1v) is 9.82. The van der Waals surface area contributed by atoms with Crippen molar-refractivity contribution in [2.45, 2.75) is 58.5 Å². The fraction of sp³-hybridized carbons (Fsp3) is 0.619. The molecule has 3 rings (SSSR count). The van der Waals surface area contributed by atoms with E-state index < -0.39 is 6.10 Å². The number of carbonyl (C=O) groups excluding carboxylic acids is 2. The summed E-state index contributed by atoms with van der Waals surface area (Å²) in [6.07, 6.45) is 5.52. The highest BCUT2D eigenvalue weighted by molar-refractivity contribution is 5.81. The summed E-state index contributed by atoms with van der Waals surface area (Å²) >= 11 is 0. The highest BCUT2D eigenvalue weighted by atomic mass is 16.5. The molecule has 1 aliphatic heterocycles. The molecule has 2 aliphatic rings. The van der Waals surface area contributed by atoms with Crippen LogP contribution in [0.1, 0.15) is 50.7 Å². The molecule has 0 radical (unpaired) electrons. The molecule has 0 bridgehead atoms. The molecule has 0 N–H and O–H groups in total. The van der Waals surface area contributed by atoms with E-state index in [1.54, 1.807) is 11.8 Å². The van der Waals surface area contributed by atoms with E-state index in [1.165, 1.54) is 24.0 Å². The number of ether oxygens (including phenoxy) is 2. The minimum Gasteiger partial charge on any atom is -0.481 e. The predicted octanol–water partition coefficient (Wildman–Crippen LogP) is 3.13. The van der Waals surface area contributed by atoms with Crippen molar-refractivity contribution >= 4 is 11.9 Å². The van der Waals surface area contributed by atoms with Gasteiger partial charge in [0.25, 0.3) is 5.91 Å². The van der Waals surface area contributed by atoms with Gasteiger partial charge in [0.05, 0.1) is 12.5 Å². The zero-order chi connectivity index (χ0) is 18.5. The Balaban J connectivity index is 1.53. The van der Waals surface area contributed by atoms with Crippen LogP contribution in [0.25, 0.3) is 0 Å². The lowest BCUT2D eigenvalue weighted by Gasteiger charge is -2.32. The Morgan fingerprint density at radius 2 is 1.85 bits per heavy atom. The number of hydrogen-bond acceptors (Lipinski definition) is 4. The Morgan fingerprint density at radius 1 is 1.15 bits per heavy atom. The molecule has 1 saturated heterocycles. The Kier molecular flexibility index (Phi) is 6.17. The highest BCUT2D eigenvalue weighted by Crippen LogP contribution is 2.26. The summed E-state index contributed by atoms with van der Waals surface area (Å²) < 4.78 is 11.0. The number of likely N-dealkylation sites (tertiary alicyclic amines) is 1. The van der Waals surface area contributed by atoms with Crippen molar-refractivity contribution in [1.82, 2.24) is 4.90 Å². The molecule has 5 nitrogen and oxygen atoms in total. The second-order valence-corrected chi connectivity index (χ2v) is 7.25. The van der Waals surface area contributed by atoms with Crippen molar-refractivity contribution < 1.29 is 19.1 Å². The van der Waals surface area contributed by atoms with Crippen LogP contribution in [0.2, 0.25) is 0 Å². The largest absolute Gasteiger partial charge is 0.481 e. The van der Waals surface area contributed by atoms with Gasteiger partial charge in [0.1, 0.15) is 5.75 Å². The molecule has 1 heterocycles. The quantitative estimate of drug-likeness (QED) is 0.758. The molecule has 0 saturated carbocycles. The molecule has 1 aliphatic carbocycles. The van der Waals surface area contributed by atoms with Gasteiger partial charge in [0, 0.05) is 13.1 Å². The van der Waals surface area contributed by atoms with Gasteiger partial charge in [0.15, 0.2) is 6.10 Å². The number of hydrogen-bond donors (Lipinski definition) is 0. The van der Waals surface area contributed by atoms with Crippen LogP contribution in [0.5, 0.6) is 5.75 Å². The Bertz CT molecular complexity index is 649. The van der Waals surface area contributed by atoms with Crippen LogP contribution >= 0.6 is 0 Å². The lowest BCUT2D eigenvalue weighted by Crippen LogP contribution is -2.45. The summed E-state index contributed by atoms with van der Waals surface area (Å²) in [6, 6.07) is 6.19. The van der Waals surface area contributed by atoms with E-state index in [9.17, 15) is 9.59 Å². The number of amides is 1. The predicted molar refractivity (Wildman–Crippen MR) is 99.1 cm³/mol. The second kappa shape index (κ2) is 8.56. The SMILES string of the molecule is CCOC(=O)C1CCN(C(=O)[C@@H](C)Oc2ccc3c(c2)CCCC3)CC1. The van der Waals surface area contributed by atoms with Gasteiger partial charge in [-0.3, -0.25) is 9.59 Å². The highest BCUT2D eigenvalue weighted by Gasteiger charge is 2.30. The third-order valence-electron chi connectivity index (χ3n) is 5.41. The van der Waals surface area contributed by atoms with Crippen LogP contribution < -0.4 is 4.74 Å². The molecule has 0 unspecified atom stereocenters. The third kappa shape index (κ3) is 4.37. The van der Waals surface area contributed by atoms with Gasteiger partial charge in [-0.15, -0.1) is 0 Å². The topological polar surface area (TPSA) is 55.8 Å². The first-order chi connectivity index (χ1) is 12.6. The summed E-state index contributed by atoms with van der Waals surface area (Å²) in [5, 5.41) is 0. The normalized spacial score (nSPS) is 18.8. The molecule has 1 amide bonds. The fourth-order valence-corrected chi connectivity index (χ4v) is 3.89. The lowest BCUT2D eigenvalue weighted by molar-refractivity contribution is -0.152. The number of piperidine rings is 1. The minimum atomic E-state index is -0.518. The van der Waals surface area contributed by atoms with Crippen LogP contribution in [0, 0.1) is 5.92 Å². The summed E-state index contributed by atoms with van der Waals surface area (Å²) in [4.78, 5) is 26.3. The molecule has 0 spiro atoms. The number of nitrogens with zero attached hydrogens (tertiary/aromatic N) is 1. The zero-order valence-corrected chi connectivity index (χ0v) is 15.8. The zero-order valence-electron chi connectivity index (χ0n) is 15.8. The van der Waals surface area contributed by atoms with Gasteiger partial charge in [-0.05, 0) is 75.6 Å². The van der Waals surface area contributed by atoms with E-state index in [1.807, 2.05) is 13.0 Å². The van der Waals surface area contributed by atoms with Gasteiger partial charge >= 0.3 is 5.97 Å². The van der Waals surface area contributed by atoms with Crippen molar-refractivity contribution in [1.29, 1.82) is 0 Å². The molecule has 142 valence electrons. The van der Waals surface area contributed by atoms with Crippen molar-refractivity contribution in [2.75, 3.05) is 19.7 Å². The van der Waals surface area contributed by atoms with Crippen molar-refractivity contribution in [3.63, 3.8) is 0 Å². The maximum Gasteiger partial charge on any atom is 0.309 e. The fourth-order valence-electron chi connectivity index (χ4n) is 3.89. The maximum absolute atomic E-state index is 12.7. The van der Waals surface area contributed by atoms with Crippen LogP contribution in [-0.4, -0.2) is 42.6 Å². The monoisotopic (exact) mass is 359 g/mol. The minimum absolute atomic E-state index is 0.00923. The lowest BCUT2D eigenvalue weighted by atomic mass is 9.92. The van der Waals surface area contributed by atoms with Gasteiger partial charge in [-0.1, -0.05) is 6.07 Å². The smallest absolute Gasteiger partial charge is 0.309 e. The number of benzene rings is 1. The standard InChI is InChI=1S/C21H29NO4/c1-3-25-21(24)17-10-12-22(13-11-17)20(23)15(2)26-19-9-8-16-6-4-5-7-18(16)14-19/h8-9,14-15,17H,3-7,10-13H2,1-2H3/t15-/m1/s1. The molecule has 1 aromatic carbocycles. The maximum atomic E-state index is 12.7. The Morgan fingerprint density at radius 3 is 2.54 bits per heavy atom. The average molecular weight is 359 g/mol. The molecule has 0 aromatic heterocycles. The number of rotatable bonds is 5. The molecular formula is C21H29NO4. The summed E-state index contributed by atoms with van der Waals surface area (Å²) in [5.74, 6) is 0.534. The van der Waals surface area contributed by atoms with Crippen LogP contribution in [0.15, 0.2) is 18.2 Å². The molecule has 1 atom stereocenters. The van der Waals surface area contributed by atoms with Crippen molar-refractivity contribution in [3.8, 4) is 5.75 Å². The van der Waals surface area contributed by atoms with Crippen molar-refractivity contribution in [2.24, 2.45) is 5.92 Å². The van der Waals surface area contributed by atoms with Crippen LogP contribution in [0.4, 0.5) is 0 Å². The van der Waals surface area contributed by atoms with E-state index in [4.69, 9.17) is 9.47 Å². The van der Waals surface area contributed by atoms with Crippen LogP contribution in [0.3, 0.4) is 0 Å². The summed E-state index contributed by atoms with van der Waals surface area (Å²) in [6.45, 7) is 5.19. The van der Waals surface area contributed by atoms with Crippen LogP contribution in [-0.2, 0) is 27.2 Å².